The minimum absolute atomic E-state index is 0.171. The van der Waals surface area contributed by atoms with E-state index in [2.05, 4.69) is 5.32 Å². The number of hydrogen-bond acceptors (Lipinski definition) is 4. The van der Waals surface area contributed by atoms with Gasteiger partial charge in [0.05, 0.1) is 18.5 Å². The molecule has 0 bridgehead atoms. The van der Waals surface area contributed by atoms with Gasteiger partial charge in [-0.15, -0.1) is 0 Å². The van der Waals surface area contributed by atoms with Gasteiger partial charge in [0.2, 0.25) is 15.9 Å². The molecule has 1 aromatic rings. The Labute approximate surface area is 150 Å². The van der Waals surface area contributed by atoms with Crippen molar-refractivity contribution in [1.82, 2.24) is 5.32 Å². The first kappa shape index (κ1) is 19.7. The molecular weight excluding hydrogens is 340 g/mol. The Morgan fingerprint density at radius 3 is 2.56 bits per heavy atom. The highest BCUT2D eigenvalue weighted by atomic mass is 32.2. The summed E-state index contributed by atoms with van der Waals surface area (Å²) >= 11 is 0. The third kappa shape index (κ3) is 5.19. The first-order chi connectivity index (χ1) is 11.6. The summed E-state index contributed by atoms with van der Waals surface area (Å²) in [5.74, 6) is -0.171. The van der Waals surface area contributed by atoms with Crippen LogP contribution in [0, 0.1) is 0 Å². The van der Waals surface area contributed by atoms with Crippen molar-refractivity contribution in [2.24, 2.45) is 0 Å². The van der Waals surface area contributed by atoms with Crippen LogP contribution in [0.15, 0.2) is 24.3 Å². The average Bonchev–Trinajstić information content (AvgIpc) is 3.03. The van der Waals surface area contributed by atoms with Crippen molar-refractivity contribution in [3.05, 3.63) is 29.8 Å². The molecule has 1 aliphatic rings. The second-order valence-electron chi connectivity index (χ2n) is 7.39. The average molecular weight is 368 g/mol. The number of benzene rings is 1. The maximum Gasteiger partial charge on any atom is 0.249 e. The van der Waals surface area contributed by atoms with Crippen LogP contribution in [0.2, 0.25) is 0 Å². The zero-order valence-corrected chi connectivity index (χ0v) is 16.2. The highest BCUT2D eigenvalue weighted by molar-refractivity contribution is 7.92. The van der Waals surface area contributed by atoms with Gasteiger partial charge in [0.15, 0.2) is 0 Å². The van der Waals surface area contributed by atoms with E-state index in [4.69, 9.17) is 4.74 Å². The second-order valence-corrected chi connectivity index (χ2v) is 9.30. The van der Waals surface area contributed by atoms with Crippen molar-refractivity contribution in [1.29, 1.82) is 0 Å². The first-order valence-corrected chi connectivity index (χ1v) is 10.4. The molecular formula is C18H28N2O4S. The zero-order chi connectivity index (χ0) is 18.7. The molecule has 1 fully saturated rings. The summed E-state index contributed by atoms with van der Waals surface area (Å²) in [5.41, 5.74) is 1.41. The highest BCUT2D eigenvalue weighted by Gasteiger charge is 2.27. The maximum absolute atomic E-state index is 12.3. The largest absolute Gasteiger partial charge is 0.368 e. The van der Waals surface area contributed by atoms with Gasteiger partial charge in [0, 0.05) is 13.2 Å². The van der Waals surface area contributed by atoms with Crippen LogP contribution in [0.4, 0.5) is 5.69 Å². The molecule has 0 aliphatic carbocycles. The van der Waals surface area contributed by atoms with Gasteiger partial charge in [-0.25, -0.2) is 8.42 Å². The van der Waals surface area contributed by atoms with E-state index in [1.54, 1.807) is 0 Å². The Morgan fingerprint density at radius 1 is 1.32 bits per heavy atom. The van der Waals surface area contributed by atoms with E-state index in [1.807, 2.05) is 45.0 Å². The quantitative estimate of drug-likeness (QED) is 0.834. The van der Waals surface area contributed by atoms with Gasteiger partial charge >= 0.3 is 0 Å². The van der Waals surface area contributed by atoms with Gasteiger partial charge < -0.3 is 10.1 Å². The van der Waals surface area contributed by atoms with E-state index >= 15 is 0 Å². The first-order valence-electron chi connectivity index (χ1n) is 8.57. The Bertz CT molecular complexity index is 704. The molecule has 7 heteroatoms. The molecule has 1 N–H and O–H groups in total. The lowest BCUT2D eigenvalue weighted by molar-refractivity contribution is -0.129. The number of carbonyl (C=O) groups excluding carboxylic acids is 1. The fourth-order valence-electron chi connectivity index (χ4n) is 2.97. The fourth-order valence-corrected chi connectivity index (χ4v) is 3.91. The van der Waals surface area contributed by atoms with Gasteiger partial charge in [-0.05, 0) is 29.9 Å². The molecule has 1 aliphatic heterocycles. The van der Waals surface area contributed by atoms with Crippen molar-refractivity contribution in [2.75, 3.05) is 30.3 Å². The van der Waals surface area contributed by atoms with Crippen molar-refractivity contribution >= 4 is 21.6 Å². The number of anilines is 1. The van der Waals surface area contributed by atoms with Crippen LogP contribution in [0.1, 0.15) is 39.2 Å². The number of ether oxygens (including phenoxy) is 1. The van der Waals surface area contributed by atoms with Crippen LogP contribution in [-0.4, -0.2) is 46.4 Å². The molecule has 0 aromatic heterocycles. The highest BCUT2D eigenvalue weighted by Crippen LogP contribution is 2.32. The van der Waals surface area contributed by atoms with Crippen LogP contribution in [0.5, 0.6) is 0 Å². The van der Waals surface area contributed by atoms with E-state index in [9.17, 15) is 13.2 Å². The lowest BCUT2D eigenvalue weighted by atomic mass is 9.86. The molecule has 0 saturated carbocycles. The SMILES string of the molecule is CC(C)(C)c1ccccc1N(CCNC(=O)C1CCCO1)S(C)(=O)=O. The molecule has 2 rings (SSSR count). The van der Waals surface area contributed by atoms with E-state index in [0.717, 1.165) is 12.0 Å². The Kier molecular flexibility index (Phi) is 6.11. The van der Waals surface area contributed by atoms with Crippen molar-refractivity contribution in [3.8, 4) is 0 Å². The number of rotatable bonds is 6. The molecule has 0 radical (unpaired) electrons. The molecule has 1 unspecified atom stereocenters. The molecule has 1 amide bonds. The van der Waals surface area contributed by atoms with Gasteiger partial charge in [-0.1, -0.05) is 39.0 Å². The molecule has 25 heavy (non-hydrogen) atoms. The summed E-state index contributed by atoms with van der Waals surface area (Å²) in [6, 6.07) is 7.49. The van der Waals surface area contributed by atoms with Crippen LogP contribution >= 0.6 is 0 Å². The van der Waals surface area contributed by atoms with E-state index in [1.165, 1.54) is 10.6 Å². The summed E-state index contributed by atoms with van der Waals surface area (Å²) < 4.78 is 31.4. The van der Waals surface area contributed by atoms with Crippen LogP contribution in [-0.2, 0) is 25.0 Å². The predicted octanol–water partition coefficient (Wildman–Crippen LogP) is 2.05. The summed E-state index contributed by atoms with van der Waals surface area (Å²) in [6.45, 7) is 7.17. The topological polar surface area (TPSA) is 75.7 Å². The number of carbonyl (C=O) groups is 1. The number of hydrogen-bond donors (Lipinski definition) is 1. The number of para-hydroxylation sites is 1. The van der Waals surface area contributed by atoms with Gasteiger partial charge in [-0.3, -0.25) is 9.10 Å². The normalized spacial score (nSPS) is 18.2. The number of amides is 1. The van der Waals surface area contributed by atoms with E-state index in [0.29, 0.717) is 18.7 Å². The number of nitrogens with one attached hydrogen (secondary N) is 1. The molecule has 1 saturated heterocycles. The monoisotopic (exact) mass is 368 g/mol. The van der Waals surface area contributed by atoms with Crippen molar-refractivity contribution in [3.63, 3.8) is 0 Å². The number of sulfonamides is 1. The Balaban J connectivity index is 2.14. The third-order valence-corrected chi connectivity index (χ3v) is 5.40. The number of nitrogens with zero attached hydrogens (tertiary/aromatic N) is 1. The summed E-state index contributed by atoms with van der Waals surface area (Å²) in [4.78, 5) is 12.0. The van der Waals surface area contributed by atoms with Gasteiger partial charge in [0.25, 0.3) is 0 Å². The molecule has 0 spiro atoms. The van der Waals surface area contributed by atoms with Crippen LogP contribution < -0.4 is 9.62 Å². The molecule has 1 aromatic carbocycles. The van der Waals surface area contributed by atoms with Crippen molar-refractivity contribution < 1.29 is 17.9 Å². The summed E-state index contributed by atoms with van der Waals surface area (Å²) in [7, 11) is -3.47. The molecule has 1 atom stereocenters. The lowest BCUT2D eigenvalue weighted by Gasteiger charge is -2.30. The molecule has 6 nitrogen and oxygen atoms in total. The zero-order valence-electron chi connectivity index (χ0n) is 15.4. The maximum atomic E-state index is 12.3. The Morgan fingerprint density at radius 2 is 2.00 bits per heavy atom. The lowest BCUT2D eigenvalue weighted by Crippen LogP contribution is -2.42. The van der Waals surface area contributed by atoms with E-state index in [-0.39, 0.29) is 24.4 Å². The van der Waals surface area contributed by atoms with E-state index < -0.39 is 16.1 Å². The molecule has 140 valence electrons. The van der Waals surface area contributed by atoms with Crippen LogP contribution in [0.3, 0.4) is 0 Å². The predicted molar refractivity (Wildman–Crippen MR) is 99.3 cm³/mol. The van der Waals surface area contributed by atoms with Gasteiger partial charge in [-0.2, -0.15) is 0 Å². The minimum Gasteiger partial charge on any atom is -0.368 e. The third-order valence-electron chi connectivity index (χ3n) is 4.22. The van der Waals surface area contributed by atoms with Gasteiger partial charge in [0.1, 0.15) is 6.10 Å². The Hall–Kier alpha value is -1.60. The van der Waals surface area contributed by atoms with Crippen molar-refractivity contribution in [2.45, 2.75) is 45.1 Å². The van der Waals surface area contributed by atoms with Crippen LogP contribution in [0.25, 0.3) is 0 Å². The second kappa shape index (κ2) is 7.74. The minimum atomic E-state index is -3.47. The fraction of sp³-hybridized carbons (Fsp3) is 0.611. The summed E-state index contributed by atoms with van der Waals surface area (Å²) in [5, 5.41) is 2.79. The summed E-state index contributed by atoms with van der Waals surface area (Å²) in [6.07, 6.45) is 2.38. The molecule has 1 heterocycles. The standard InChI is InChI=1S/C18H28N2O4S/c1-18(2,3)14-8-5-6-9-15(14)20(25(4,22)23)12-11-19-17(21)16-10-7-13-24-16/h5-6,8-9,16H,7,10-13H2,1-4H3,(H,19,21). The smallest absolute Gasteiger partial charge is 0.249 e.